The van der Waals surface area contributed by atoms with Crippen LogP contribution in [0, 0.1) is 5.82 Å². The van der Waals surface area contributed by atoms with Gasteiger partial charge >= 0.3 is 0 Å². The molecule has 0 aliphatic heterocycles. The first-order valence-corrected chi connectivity index (χ1v) is 6.32. The van der Waals surface area contributed by atoms with E-state index in [9.17, 15) is 9.18 Å². The van der Waals surface area contributed by atoms with Gasteiger partial charge in [0.2, 0.25) is 0 Å². The molecular weight excluding hydrogens is 245 g/mol. The number of benzene rings is 1. The van der Waals surface area contributed by atoms with Gasteiger partial charge in [0.05, 0.1) is 17.8 Å². The van der Waals surface area contributed by atoms with Gasteiger partial charge in [-0.2, -0.15) is 5.10 Å². The van der Waals surface area contributed by atoms with Crippen molar-refractivity contribution in [2.75, 3.05) is 0 Å². The maximum Gasteiger partial charge on any atom is 0.254 e. The number of halogens is 1. The zero-order chi connectivity index (χ0) is 13.2. The highest BCUT2D eigenvalue weighted by molar-refractivity contribution is 5.93. The lowest BCUT2D eigenvalue weighted by Crippen LogP contribution is -2.30. The topological polar surface area (TPSA) is 57.8 Å². The van der Waals surface area contributed by atoms with Gasteiger partial charge in [-0.15, -0.1) is 0 Å². The van der Waals surface area contributed by atoms with Crippen molar-refractivity contribution >= 4 is 5.91 Å². The minimum absolute atomic E-state index is 0.0493. The molecule has 19 heavy (non-hydrogen) atoms. The third-order valence-corrected chi connectivity index (χ3v) is 3.49. The number of carbonyl (C=O) groups is 1. The predicted molar refractivity (Wildman–Crippen MR) is 68.1 cm³/mol. The molecule has 4 nitrogen and oxygen atoms in total. The number of aromatic nitrogens is 2. The minimum atomic E-state index is -0.222. The summed E-state index contributed by atoms with van der Waals surface area (Å²) in [5, 5.41) is 9.35. The van der Waals surface area contributed by atoms with E-state index in [1.807, 2.05) is 0 Å². The fourth-order valence-corrected chi connectivity index (χ4v) is 2.55. The highest BCUT2D eigenvalue weighted by Gasteiger charge is 2.22. The molecule has 1 aromatic heterocycles. The largest absolute Gasteiger partial charge is 0.345 e. The van der Waals surface area contributed by atoms with Crippen LogP contribution in [-0.2, 0) is 6.42 Å². The maximum atomic E-state index is 13.2. The van der Waals surface area contributed by atoms with E-state index in [2.05, 4.69) is 15.5 Å². The summed E-state index contributed by atoms with van der Waals surface area (Å²) in [6.45, 7) is 0. The van der Waals surface area contributed by atoms with E-state index in [-0.39, 0.29) is 17.8 Å². The Balaban J connectivity index is 1.82. The van der Waals surface area contributed by atoms with Crippen molar-refractivity contribution in [2.24, 2.45) is 0 Å². The van der Waals surface area contributed by atoms with E-state index in [1.165, 1.54) is 12.3 Å². The van der Waals surface area contributed by atoms with Crippen molar-refractivity contribution < 1.29 is 9.18 Å². The van der Waals surface area contributed by atoms with E-state index in [4.69, 9.17) is 0 Å². The van der Waals surface area contributed by atoms with Crippen LogP contribution in [0.25, 0.3) is 0 Å². The molecule has 2 aromatic rings. The highest BCUT2D eigenvalue weighted by Crippen LogP contribution is 2.30. The number of carbonyl (C=O) groups excluding carboxylic acids is 1. The Morgan fingerprint density at radius 2 is 2.37 bits per heavy atom. The molecule has 0 spiro atoms. The summed E-state index contributed by atoms with van der Waals surface area (Å²) in [6, 6.07) is 4.73. The van der Waals surface area contributed by atoms with Gasteiger partial charge in [0, 0.05) is 6.20 Å². The van der Waals surface area contributed by atoms with Crippen LogP contribution >= 0.6 is 0 Å². The van der Waals surface area contributed by atoms with Gasteiger partial charge in [-0.05, 0) is 42.5 Å². The lowest BCUT2D eigenvalue weighted by molar-refractivity contribution is 0.0933. The van der Waals surface area contributed by atoms with Crippen LogP contribution in [0.3, 0.4) is 0 Å². The number of nitrogens with one attached hydrogen (secondary N) is 2. The summed E-state index contributed by atoms with van der Waals surface area (Å²) in [7, 11) is 0. The van der Waals surface area contributed by atoms with Crippen molar-refractivity contribution in [1.29, 1.82) is 0 Å². The minimum Gasteiger partial charge on any atom is -0.345 e. The molecule has 1 atom stereocenters. The molecule has 0 bridgehead atoms. The van der Waals surface area contributed by atoms with Crippen molar-refractivity contribution in [1.82, 2.24) is 15.5 Å². The molecule has 0 saturated heterocycles. The van der Waals surface area contributed by atoms with Gasteiger partial charge in [-0.25, -0.2) is 4.39 Å². The fraction of sp³-hybridized carbons (Fsp3) is 0.286. The molecule has 5 heteroatoms. The quantitative estimate of drug-likeness (QED) is 0.869. The molecule has 0 fully saturated rings. The Morgan fingerprint density at radius 1 is 1.47 bits per heavy atom. The summed E-state index contributed by atoms with van der Waals surface area (Å²) >= 11 is 0. The highest BCUT2D eigenvalue weighted by atomic mass is 19.1. The first kappa shape index (κ1) is 11.9. The van der Waals surface area contributed by atoms with Gasteiger partial charge in [0.25, 0.3) is 5.91 Å². The van der Waals surface area contributed by atoms with E-state index >= 15 is 0 Å². The van der Waals surface area contributed by atoms with Crippen molar-refractivity contribution in [3.63, 3.8) is 0 Å². The summed E-state index contributed by atoms with van der Waals surface area (Å²) in [5.41, 5.74) is 2.52. The Morgan fingerprint density at radius 3 is 3.16 bits per heavy atom. The number of aromatic amines is 1. The molecular formula is C14H14FN3O. The predicted octanol–water partition coefficient (Wildman–Crippen LogP) is 2.36. The Hall–Kier alpha value is -2.17. The first-order chi connectivity index (χ1) is 9.24. The molecule has 3 rings (SSSR count). The van der Waals surface area contributed by atoms with Crippen LogP contribution in [-0.4, -0.2) is 16.1 Å². The monoisotopic (exact) mass is 259 g/mol. The molecule has 1 aliphatic rings. The Kier molecular flexibility index (Phi) is 3.03. The number of aryl methyl sites for hydroxylation is 1. The van der Waals surface area contributed by atoms with E-state index in [0.717, 1.165) is 30.4 Å². The number of H-pyrrole nitrogens is 1. The van der Waals surface area contributed by atoms with E-state index in [1.54, 1.807) is 18.3 Å². The molecule has 2 N–H and O–H groups in total. The lowest BCUT2D eigenvalue weighted by atomic mass is 9.87. The molecule has 1 aromatic carbocycles. The molecule has 0 saturated carbocycles. The van der Waals surface area contributed by atoms with Crippen molar-refractivity contribution in [2.45, 2.75) is 25.3 Å². The number of fused-ring (bicyclic) bond motifs is 1. The van der Waals surface area contributed by atoms with Gasteiger partial charge in [0.1, 0.15) is 5.82 Å². The average Bonchev–Trinajstić information content (AvgIpc) is 2.92. The number of nitrogens with zero attached hydrogens (tertiary/aromatic N) is 1. The molecule has 1 amide bonds. The molecule has 0 unspecified atom stereocenters. The lowest BCUT2D eigenvalue weighted by Gasteiger charge is -2.26. The number of rotatable bonds is 2. The average molecular weight is 259 g/mol. The zero-order valence-electron chi connectivity index (χ0n) is 10.3. The molecule has 0 radical (unpaired) electrons. The van der Waals surface area contributed by atoms with Crippen LogP contribution in [0.5, 0.6) is 0 Å². The maximum absolute atomic E-state index is 13.2. The normalized spacial score (nSPS) is 17.8. The van der Waals surface area contributed by atoms with Gasteiger partial charge in [0.15, 0.2) is 0 Å². The fourth-order valence-electron chi connectivity index (χ4n) is 2.55. The third-order valence-electron chi connectivity index (χ3n) is 3.49. The van der Waals surface area contributed by atoms with Crippen molar-refractivity contribution in [3.05, 3.63) is 53.1 Å². The summed E-state index contributed by atoms with van der Waals surface area (Å²) in [5.74, 6) is -0.378. The van der Waals surface area contributed by atoms with Crippen LogP contribution in [0.4, 0.5) is 4.39 Å². The molecule has 1 aliphatic carbocycles. The number of hydrogen-bond donors (Lipinski definition) is 2. The second-order valence-corrected chi connectivity index (χ2v) is 4.75. The van der Waals surface area contributed by atoms with Gasteiger partial charge in [-0.3, -0.25) is 9.89 Å². The number of hydrogen-bond acceptors (Lipinski definition) is 2. The smallest absolute Gasteiger partial charge is 0.254 e. The standard InChI is InChI=1S/C14H14FN3O/c15-11-4-5-12-9(6-11)2-1-3-13(12)18-14(19)10-7-16-17-8-10/h4-8,13H,1-3H2,(H,16,17)(H,18,19)/t13-/m0/s1. The Labute approximate surface area is 110 Å². The van der Waals surface area contributed by atoms with Crippen LogP contribution < -0.4 is 5.32 Å². The first-order valence-electron chi connectivity index (χ1n) is 6.32. The molecule has 98 valence electrons. The van der Waals surface area contributed by atoms with Crippen LogP contribution in [0.2, 0.25) is 0 Å². The number of amides is 1. The Bertz CT molecular complexity index is 595. The third kappa shape index (κ3) is 2.36. The zero-order valence-corrected chi connectivity index (χ0v) is 10.3. The summed E-state index contributed by atoms with van der Waals surface area (Å²) < 4.78 is 13.2. The SMILES string of the molecule is O=C(N[C@H]1CCCc2cc(F)ccc21)c1cn[nH]c1. The summed E-state index contributed by atoms with van der Waals surface area (Å²) in [4.78, 5) is 12.0. The molecule has 1 heterocycles. The van der Waals surface area contributed by atoms with Crippen LogP contribution in [0.15, 0.2) is 30.6 Å². The van der Waals surface area contributed by atoms with Crippen molar-refractivity contribution in [3.8, 4) is 0 Å². The van der Waals surface area contributed by atoms with E-state index in [0.29, 0.717) is 5.56 Å². The second-order valence-electron chi connectivity index (χ2n) is 4.75. The summed E-state index contributed by atoms with van der Waals surface area (Å²) in [6.07, 6.45) is 5.74. The van der Waals surface area contributed by atoms with Gasteiger partial charge < -0.3 is 5.32 Å². The van der Waals surface area contributed by atoms with Crippen LogP contribution in [0.1, 0.15) is 40.4 Å². The second kappa shape index (κ2) is 4.84. The van der Waals surface area contributed by atoms with E-state index < -0.39 is 0 Å². The van der Waals surface area contributed by atoms with Gasteiger partial charge in [-0.1, -0.05) is 6.07 Å².